The first-order valence-electron chi connectivity index (χ1n) is 8.61. The number of piperazine rings is 1. The van der Waals surface area contributed by atoms with Gasteiger partial charge in [0.2, 0.25) is 5.89 Å². The SMILES string of the molecule is CCc1noc(C(C)N2CCN(CCn3ccccc3=O)CC2)n1. The summed E-state index contributed by atoms with van der Waals surface area (Å²) in [6.45, 7) is 9.68. The highest BCUT2D eigenvalue weighted by Gasteiger charge is 2.25. The number of pyridine rings is 1. The number of hydrogen-bond donors (Lipinski definition) is 0. The Morgan fingerprint density at radius 2 is 2.00 bits per heavy atom. The Morgan fingerprint density at radius 1 is 1.21 bits per heavy atom. The fraction of sp³-hybridized carbons (Fsp3) is 0.588. The highest BCUT2D eigenvalue weighted by molar-refractivity contribution is 4.94. The van der Waals surface area contributed by atoms with Crippen LogP contribution in [0.4, 0.5) is 0 Å². The van der Waals surface area contributed by atoms with Crippen molar-refractivity contribution in [2.24, 2.45) is 0 Å². The Hall–Kier alpha value is -1.99. The van der Waals surface area contributed by atoms with Crippen molar-refractivity contribution in [3.63, 3.8) is 0 Å². The Kier molecular flexibility index (Phi) is 5.42. The maximum atomic E-state index is 11.7. The molecule has 2 aromatic rings. The lowest BCUT2D eigenvalue weighted by Crippen LogP contribution is -2.48. The maximum absolute atomic E-state index is 11.7. The van der Waals surface area contributed by atoms with Crippen LogP contribution in [0.5, 0.6) is 0 Å². The van der Waals surface area contributed by atoms with Gasteiger partial charge >= 0.3 is 0 Å². The molecule has 1 unspecified atom stereocenters. The zero-order chi connectivity index (χ0) is 16.9. The summed E-state index contributed by atoms with van der Waals surface area (Å²) in [6.07, 6.45) is 2.64. The molecule has 7 nitrogen and oxygen atoms in total. The van der Waals surface area contributed by atoms with Gasteiger partial charge in [-0.25, -0.2) is 0 Å². The van der Waals surface area contributed by atoms with Crippen molar-refractivity contribution in [1.82, 2.24) is 24.5 Å². The quantitative estimate of drug-likeness (QED) is 0.792. The van der Waals surface area contributed by atoms with Crippen LogP contribution in [-0.4, -0.2) is 57.2 Å². The van der Waals surface area contributed by atoms with E-state index in [9.17, 15) is 4.79 Å². The van der Waals surface area contributed by atoms with Crippen molar-refractivity contribution in [2.75, 3.05) is 32.7 Å². The van der Waals surface area contributed by atoms with Crippen LogP contribution in [0.25, 0.3) is 0 Å². The molecule has 1 atom stereocenters. The van der Waals surface area contributed by atoms with Crippen molar-refractivity contribution in [3.8, 4) is 0 Å². The largest absolute Gasteiger partial charge is 0.338 e. The van der Waals surface area contributed by atoms with Crippen LogP contribution in [-0.2, 0) is 13.0 Å². The number of nitrogens with zero attached hydrogens (tertiary/aromatic N) is 5. The van der Waals surface area contributed by atoms with E-state index in [0.29, 0.717) is 5.89 Å². The summed E-state index contributed by atoms with van der Waals surface area (Å²) < 4.78 is 7.13. The first-order valence-corrected chi connectivity index (χ1v) is 8.61. The zero-order valence-corrected chi connectivity index (χ0v) is 14.4. The normalized spacial score (nSPS) is 17.9. The van der Waals surface area contributed by atoms with Gasteiger partial charge in [-0.3, -0.25) is 14.6 Å². The van der Waals surface area contributed by atoms with Crippen LogP contribution in [0.1, 0.15) is 31.6 Å². The van der Waals surface area contributed by atoms with Crippen LogP contribution in [0.3, 0.4) is 0 Å². The Morgan fingerprint density at radius 3 is 2.67 bits per heavy atom. The lowest BCUT2D eigenvalue weighted by molar-refractivity contribution is 0.0863. The van der Waals surface area contributed by atoms with E-state index in [1.807, 2.05) is 19.2 Å². The molecule has 7 heteroatoms. The van der Waals surface area contributed by atoms with Crippen molar-refractivity contribution in [1.29, 1.82) is 0 Å². The Balaban J connectivity index is 1.48. The van der Waals surface area contributed by atoms with Crippen molar-refractivity contribution >= 4 is 0 Å². The Labute approximate surface area is 141 Å². The lowest BCUT2D eigenvalue weighted by atomic mass is 10.2. The monoisotopic (exact) mass is 331 g/mol. The van der Waals surface area contributed by atoms with Gasteiger partial charge in [0, 0.05) is 58.0 Å². The van der Waals surface area contributed by atoms with E-state index in [1.54, 1.807) is 16.7 Å². The summed E-state index contributed by atoms with van der Waals surface area (Å²) in [7, 11) is 0. The van der Waals surface area contributed by atoms with E-state index in [4.69, 9.17) is 4.52 Å². The minimum Gasteiger partial charge on any atom is -0.338 e. The summed E-state index contributed by atoms with van der Waals surface area (Å²) in [6, 6.07) is 5.43. The first-order chi connectivity index (χ1) is 11.7. The van der Waals surface area contributed by atoms with Gasteiger partial charge in [-0.15, -0.1) is 0 Å². The predicted octanol–water partition coefficient (Wildman–Crippen LogP) is 1.17. The summed E-state index contributed by atoms with van der Waals surface area (Å²) in [5, 5.41) is 3.98. The third-order valence-corrected chi connectivity index (χ3v) is 4.67. The number of aryl methyl sites for hydroxylation is 1. The molecule has 0 N–H and O–H groups in total. The number of hydrogen-bond acceptors (Lipinski definition) is 6. The molecule has 24 heavy (non-hydrogen) atoms. The highest BCUT2D eigenvalue weighted by Crippen LogP contribution is 2.20. The molecule has 3 rings (SSSR count). The van der Waals surface area contributed by atoms with E-state index in [-0.39, 0.29) is 11.6 Å². The summed E-state index contributed by atoms with van der Waals surface area (Å²) >= 11 is 0. The van der Waals surface area contributed by atoms with Crippen LogP contribution in [0.15, 0.2) is 33.7 Å². The molecule has 1 saturated heterocycles. The molecular formula is C17H25N5O2. The second-order valence-electron chi connectivity index (χ2n) is 6.19. The molecule has 1 aliphatic rings. The number of aromatic nitrogens is 3. The van der Waals surface area contributed by atoms with Crippen molar-refractivity contribution in [2.45, 2.75) is 32.9 Å². The van der Waals surface area contributed by atoms with Gasteiger partial charge in [-0.2, -0.15) is 4.98 Å². The van der Waals surface area contributed by atoms with E-state index < -0.39 is 0 Å². The van der Waals surface area contributed by atoms with Crippen molar-refractivity contribution in [3.05, 3.63) is 46.5 Å². The van der Waals surface area contributed by atoms with Gasteiger partial charge in [0.25, 0.3) is 5.56 Å². The van der Waals surface area contributed by atoms with Crippen molar-refractivity contribution < 1.29 is 4.52 Å². The molecule has 0 bridgehead atoms. The van der Waals surface area contributed by atoms with Gasteiger partial charge < -0.3 is 9.09 Å². The molecule has 130 valence electrons. The molecule has 1 fully saturated rings. The summed E-state index contributed by atoms with van der Waals surface area (Å²) in [5.74, 6) is 1.47. The van der Waals surface area contributed by atoms with Gasteiger partial charge in [0.15, 0.2) is 5.82 Å². The average molecular weight is 331 g/mol. The van der Waals surface area contributed by atoms with E-state index in [2.05, 4.69) is 26.9 Å². The fourth-order valence-corrected chi connectivity index (χ4v) is 3.01. The fourth-order valence-electron chi connectivity index (χ4n) is 3.01. The molecule has 0 aliphatic carbocycles. The molecule has 0 aromatic carbocycles. The van der Waals surface area contributed by atoms with Crippen LogP contribution in [0, 0.1) is 0 Å². The predicted molar refractivity (Wildman–Crippen MR) is 90.8 cm³/mol. The topological polar surface area (TPSA) is 67.4 Å². The van der Waals surface area contributed by atoms with Gasteiger partial charge in [-0.05, 0) is 13.0 Å². The smallest absolute Gasteiger partial charge is 0.250 e. The summed E-state index contributed by atoms with van der Waals surface area (Å²) in [4.78, 5) is 20.9. The average Bonchev–Trinajstić information content (AvgIpc) is 3.10. The zero-order valence-electron chi connectivity index (χ0n) is 14.4. The number of rotatable bonds is 6. The third kappa shape index (κ3) is 3.91. The third-order valence-electron chi connectivity index (χ3n) is 4.67. The minimum atomic E-state index is 0.0629. The lowest BCUT2D eigenvalue weighted by Gasteiger charge is -2.36. The van der Waals surface area contributed by atoms with E-state index in [1.165, 1.54) is 0 Å². The minimum absolute atomic E-state index is 0.0629. The molecular weight excluding hydrogens is 306 g/mol. The molecule has 3 heterocycles. The molecule has 1 aliphatic heterocycles. The highest BCUT2D eigenvalue weighted by atomic mass is 16.5. The molecule has 0 radical (unpaired) electrons. The van der Waals surface area contributed by atoms with Gasteiger partial charge in [-0.1, -0.05) is 18.1 Å². The molecule has 0 amide bonds. The summed E-state index contributed by atoms with van der Waals surface area (Å²) in [5.41, 5.74) is 0.0629. The first kappa shape index (κ1) is 16.9. The van der Waals surface area contributed by atoms with Gasteiger partial charge in [0.05, 0.1) is 6.04 Å². The second-order valence-corrected chi connectivity index (χ2v) is 6.19. The van der Waals surface area contributed by atoms with Crippen LogP contribution in [0.2, 0.25) is 0 Å². The van der Waals surface area contributed by atoms with Crippen LogP contribution < -0.4 is 5.56 Å². The maximum Gasteiger partial charge on any atom is 0.250 e. The molecule has 0 saturated carbocycles. The van der Waals surface area contributed by atoms with E-state index >= 15 is 0 Å². The Bertz CT molecular complexity index is 703. The molecule has 2 aromatic heterocycles. The van der Waals surface area contributed by atoms with E-state index in [0.717, 1.165) is 51.5 Å². The van der Waals surface area contributed by atoms with Crippen LogP contribution >= 0.6 is 0 Å². The molecule has 0 spiro atoms. The standard InChI is InChI=1S/C17H25N5O2/c1-3-15-18-17(24-19-15)14(2)21-11-8-20(9-12-21)10-13-22-7-5-4-6-16(22)23/h4-7,14H,3,8-13H2,1-2H3. The second kappa shape index (κ2) is 7.72. The van der Waals surface area contributed by atoms with Gasteiger partial charge in [0.1, 0.15) is 0 Å².